The van der Waals surface area contributed by atoms with Crippen LogP contribution >= 0.6 is 0 Å². The second kappa shape index (κ2) is 7.06. The van der Waals surface area contributed by atoms with Crippen LogP contribution in [0.5, 0.6) is 17.2 Å². The molecule has 0 saturated heterocycles. The summed E-state index contributed by atoms with van der Waals surface area (Å²) in [5.74, 6) is 2.44. The summed E-state index contributed by atoms with van der Waals surface area (Å²) >= 11 is 0. The minimum Gasteiger partial charge on any atom is -0.497 e. The molecule has 4 rings (SSSR count). The number of nitrogens with zero attached hydrogens (tertiary/aromatic N) is 1. The normalized spacial score (nSPS) is 21.1. The molecule has 0 aromatic heterocycles. The van der Waals surface area contributed by atoms with Gasteiger partial charge in [0.2, 0.25) is 0 Å². The van der Waals surface area contributed by atoms with E-state index in [1.54, 1.807) is 21.3 Å². The molecule has 0 aliphatic carbocycles. The summed E-state index contributed by atoms with van der Waals surface area (Å²) in [6, 6.07) is 9.01. The summed E-state index contributed by atoms with van der Waals surface area (Å²) in [6.07, 6.45) is 1.84. The Balaban J connectivity index is 1.84. The first kappa shape index (κ1) is 18.1. The number of aliphatic hydroxyl groups excluding tert-OH is 1. The van der Waals surface area contributed by atoms with Crippen molar-refractivity contribution in [1.82, 2.24) is 4.90 Å². The third-order valence-electron chi connectivity index (χ3n) is 6.11. The van der Waals surface area contributed by atoms with E-state index in [2.05, 4.69) is 24.0 Å². The smallest absolute Gasteiger partial charge is 0.128 e. The van der Waals surface area contributed by atoms with Crippen molar-refractivity contribution in [3.63, 3.8) is 0 Å². The second-order valence-corrected chi connectivity index (χ2v) is 7.39. The van der Waals surface area contributed by atoms with E-state index in [0.717, 1.165) is 42.0 Å². The quantitative estimate of drug-likeness (QED) is 0.897. The molecule has 1 N–H and O–H groups in total. The fourth-order valence-corrected chi connectivity index (χ4v) is 4.73. The van der Waals surface area contributed by atoms with Gasteiger partial charge < -0.3 is 19.3 Å². The van der Waals surface area contributed by atoms with Crippen LogP contribution in [-0.2, 0) is 26.0 Å². The third-order valence-corrected chi connectivity index (χ3v) is 6.11. The van der Waals surface area contributed by atoms with Crippen LogP contribution in [0.1, 0.15) is 40.8 Å². The first-order valence-electron chi connectivity index (χ1n) is 9.40. The van der Waals surface area contributed by atoms with Crippen molar-refractivity contribution in [2.75, 3.05) is 21.3 Å². The number of rotatable bonds is 4. The highest BCUT2D eigenvalue weighted by atomic mass is 16.5. The number of benzene rings is 2. The van der Waals surface area contributed by atoms with Gasteiger partial charge in [0.1, 0.15) is 17.2 Å². The van der Waals surface area contributed by atoms with Crippen molar-refractivity contribution < 1.29 is 19.3 Å². The molecule has 5 heteroatoms. The summed E-state index contributed by atoms with van der Waals surface area (Å²) < 4.78 is 16.6. The van der Waals surface area contributed by atoms with Crippen molar-refractivity contribution in [1.29, 1.82) is 0 Å². The Kier molecular flexibility index (Phi) is 4.74. The Morgan fingerprint density at radius 2 is 1.78 bits per heavy atom. The SMILES string of the molecule is COc1ccc2c(c1)CC(C)N1Cc3c(OC)cc(OC)c(CO)c3CC21. The van der Waals surface area contributed by atoms with Crippen LogP contribution in [0.25, 0.3) is 0 Å². The molecule has 0 bridgehead atoms. The van der Waals surface area contributed by atoms with E-state index in [-0.39, 0.29) is 12.6 Å². The van der Waals surface area contributed by atoms with Crippen LogP contribution in [-0.4, -0.2) is 37.4 Å². The molecule has 0 fully saturated rings. The van der Waals surface area contributed by atoms with Gasteiger partial charge in [-0.15, -0.1) is 0 Å². The van der Waals surface area contributed by atoms with E-state index in [4.69, 9.17) is 14.2 Å². The molecule has 2 heterocycles. The summed E-state index contributed by atoms with van der Waals surface area (Å²) in [7, 11) is 5.05. The van der Waals surface area contributed by atoms with E-state index in [1.165, 1.54) is 16.7 Å². The zero-order valence-corrected chi connectivity index (χ0v) is 16.4. The summed E-state index contributed by atoms with van der Waals surface area (Å²) in [5, 5.41) is 10.0. The molecule has 2 aromatic rings. The van der Waals surface area contributed by atoms with E-state index in [0.29, 0.717) is 11.8 Å². The molecule has 0 saturated carbocycles. The average Bonchev–Trinajstić information content (AvgIpc) is 2.70. The Bertz CT molecular complexity index is 864. The first-order chi connectivity index (χ1) is 13.1. The van der Waals surface area contributed by atoms with Crippen LogP contribution in [0.2, 0.25) is 0 Å². The number of hydrogen-bond donors (Lipinski definition) is 1. The summed E-state index contributed by atoms with van der Waals surface area (Å²) in [6.45, 7) is 3.06. The zero-order valence-electron chi connectivity index (χ0n) is 16.4. The largest absolute Gasteiger partial charge is 0.497 e. The highest BCUT2D eigenvalue weighted by Crippen LogP contribution is 2.46. The van der Waals surface area contributed by atoms with Gasteiger partial charge in [-0.25, -0.2) is 0 Å². The Labute approximate surface area is 160 Å². The predicted octanol–water partition coefficient (Wildman–Crippen LogP) is 3.25. The van der Waals surface area contributed by atoms with Crippen molar-refractivity contribution in [3.8, 4) is 17.2 Å². The van der Waals surface area contributed by atoms with Gasteiger partial charge in [-0.1, -0.05) is 6.07 Å². The number of methoxy groups -OCH3 is 3. The summed E-state index contributed by atoms with van der Waals surface area (Å²) in [4.78, 5) is 2.55. The van der Waals surface area contributed by atoms with Gasteiger partial charge in [0.15, 0.2) is 0 Å². The second-order valence-electron chi connectivity index (χ2n) is 7.39. The standard InChI is InChI=1S/C22H27NO4/c1-13-7-14-8-15(25-2)5-6-16(14)20-9-17-18(11-23(13)20)21(26-3)10-22(27-4)19(17)12-24/h5-6,8,10,13,20,24H,7,9,11-12H2,1-4H3. The lowest BCUT2D eigenvalue weighted by Gasteiger charge is -2.46. The minimum absolute atomic E-state index is 0.0345. The maximum atomic E-state index is 10.0. The zero-order chi connectivity index (χ0) is 19.1. The fraction of sp³-hybridized carbons (Fsp3) is 0.455. The van der Waals surface area contributed by atoms with E-state index in [1.807, 2.05) is 12.1 Å². The molecule has 2 unspecified atom stereocenters. The molecule has 0 radical (unpaired) electrons. The molecular weight excluding hydrogens is 342 g/mol. The molecule has 2 atom stereocenters. The predicted molar refractivity (Wildman–Crippen MR) is 104 cm³/mol. The van der Waals surface area contributed by atoms with Crippen LogP contribution in [0, 0.1) is 0 Å². The molecular formula is C22H27NO4. The molecule has 0 amide bonds. The minimum atomic E-state index is -0.0345. The maximum absolute atomic E-state index is 10.0. The summed E-state index contributed by atoms with van der Waals surface area (Å²) in [5.41, 5.74) is 5.91. The Hall–Kier alpha value is -2.24. The Morgan fingerprint density at radius 3 is 2.44 bits per heavy atom. The lowest BCUT2D eigenvalue weighted by molar-refractivity contribution is 0.103. The molecule has 144 valence electrons. The molecule has 27 heavy (non-hydrogen) atoms. The van der Waals surface area contributed by atoms with Gasteiger partial charge in [0.25, 0.3) is 0 Å². The van der Waals surface area contributed by atoms with E-state index >= 15 is 0 Å². The number of fused-ring (bicyclic) bond motifs is 4. The van der Waals surface area contributed by atoms with Gasteiger partial charge in [-0.05, 0) is 48.6 Å². The van der Waals surface area contributed by atoms with Crippen LogP contribution in [0.3, 0.4) is 0 Å². The topological polar surface area (TPSA) is 51.2 Å². The maximum Gasteiger partial charge on any atom is 0.128 e. The number of aliphatic hydroxyl groups is 1. The highest BCUT2D eigenvalue weighted by molar-refractivity contribution is 5.55. The van der Waals surface area contributed by atoms with Crippen LogP contribution in [0.15, 0.2) is 24.3 Å². The van der Waals surface area contributed by atoms with E-state index in [9.17, 15) is 5.11 Å². The van der Waals surface area contributed by atoms with Crippen molar-refractivity contribution in [2.45, 2.75) is 45.0 Å². The van der Waals surface area contributed by atoms with Gasteiger partial charge in [0.05, 0.1) is 27.9 Å². The Morgan fingerprint density at radius 1 is 1.00 bits per heavy atom. The molecule has 0 spiro atoms. The third kappa shape index (κ3) is 2.86. The van der Waals surface area contributed by atoms with Crippen molar-refractivity contribution in [2.24, 2.45) is 0 Å². The highest BCUT2D eigenvalue weighted by Gasteiger charge is 2.38. The lowest BCUT2D eigenvalue weighted by atomic mass is 9.80. The number of hydrogen-bond acceptors (Lipinski definition) is 5. The first-order valence-corrected chi connectivity index (χ1v) is 9.40. The monoisotopic (exact) mass is 369 g/mol. The molecule has 5 nitrogen and oxygen atoms in total. The van der Waals surface area contributed by atoms with Crippen LogP contribution < -0.4 is 14.2 Å². The lowest BCUT2D eigenvalue weighted by Crippen LogP contribution is -2.45. The van der Waals surface area contributed by atoms with Crippen molar-refractivity contribution >= 4 is 0 Å². The van der Waals surface area contributed by atoms with E-state index < -0.39 is 0 Å². The molecule has 2 aliphatic heterocycles. The van der Waals surface area contributed by atoms with Crippen molar-refractivity contribution in [3.05, 3.63) is 52.1 Å². The van der Waals surface area contributed by atoms with Gasteiger partial charge in [-0.2, -0.15) is 0 Å². The van der Waals surface area contributed by atoms with Gasteiger partial charge in [0, 0.05) is 35.8 Å². The average molecular weight is 369 g/mol. The van der Waals surface area contributed by atoms with Gasteiger partial charge in [-0.3, -0.25) is 4.90 Å². The molecule has 2 aliphatic rings. The molecule has 2 aromatic carbocycles. The fourth-order valence-electron chi connectivity index (χ4n) is 4.73. The van der Waals surface area contributed by atoms with Crippen LogP contribution in [0.4, 0.5) is 0 Å². The number of ether oxygens (including phenoxy) is 3. The van der Waals surface area contributed by atoms with Gasteiger partial charge >= 0.3 is 0 Å².